The Bertz CT molecular complexity index is 769. The van der Waals surface area contributed by atoms with Gasteiger partial charge < -0.3 is 15.1 Å². The van der Waals surface area contributed by atoms with E-state index in [2.05, 4.69) is 25.8 Å². The first-order valence-electron chi connectivity index (χ1n) is 6.46. The Morgan fingerprint density at radius 2 is 2.23 bits per heavy atom. The van der Waals surface area contributed by atoms with Gasteiger partial charge in [0, 0.05) is 10.7 Å². The molecule has 0 atom stereocenters. The Hall–Kier alpha value is -2.80. The van der Waals surface area contributed by atoms with Crippen molar-refractivity contribution < 1.29 is 9.21 Å². The summed E-state index contributed by atoms with van der Waals surface area (Å²) in [6.45, 7) is 0.208. The maximum absolute atomic E-state index is 11.8. The summed E-state index contributed by atoms with van der Waals surface area (Å²) in [6, 6.07) is 10.0. The van der Waals surface area contributed by atoms with Crippen molar-refractivity contribution in [3.8, 4) is 11.6 Å². The van der Waals surface area contributed by atoms with Crippen molar-refractivity contribution in [3.05, 3.63) is 53.5 Å². The average Bonchev–Trinajstić information content (AvgIpc) is 3.16. The Kier molecular flexibility index (Phi) is 4.06. The van der Waals surface area contributed by atoms with Crippen LogP contribution in [0.4, 0.5) is 10.5 Å². The summed E-state index contributed by atoms with van der Waals surface area (Å²) in [4.78, 5) is 16.0. The highest BCUT2D eigenvalue weighted by atomic mass is 35.5. The van der Waals surface area contributed by atoms with Crippen LogP contribution in [0.2, 0.25) is 5.02 Å². The number of nitrogens with zero attached hydrogens (tertiary/aromatic N) is 2. The van der Waals surface area contributed by atoms with E-state index in [0.717, 1.165) is 0 Å². The fraction of sp³-hybridized carbons (Fsp3) is 0.0714. The Morgan fingerprint density at radius 1 is 1.32 bits per heavy atom. The third-order valence-corrected chi connectivity index (χ3v) is 3.01. The monoisotopic (exact) mass is 317 g/mol. The molecule has 112 valence electrons. The number of urea groups is 1. The average molecular weight is 318 g/mol. The molecular formula is C14H12ClN5O2. The van der Waals surface area contributed by atoms with E-state index in [1.807, 2.05) is 0 Å². The largest absolute Gasteiger partial charge is 0.461 e. The molecule has 0 aliphatic rings. The smallest absolute Gasteiger partial charge is 0.319 e. The molecular weight excluding hydrogens is 306 g/mol. The predicted molar refractivity (Wildman–Crippen MR) is 81.4 cm³/mol. The number of carbonyl (C=O) groups is 1. The number of amides is 2. The van der Waals surface area contributed by atoms with Crippen LogP contribution in [0.25, 0.3) is 11.6 Å². The second-order valence-electron chi connectivity index (χ2n) is 4.40. The first-order valence-corrected chi connectivity index (χ1v) is 6.84. The molecule has 0 aliphatic carbocycles. The van der Waals surface area contributed by atoms with Crippen molar-refractivity contribution in [2.75, 3.05) is 5.32 Å². The number of furan rings is 1. The molecule has 0 unspecified atom stereocenters. The quantitative estimate of drug-likeness (QED) is 0.689. The lowest BCUT2D eigenvalue weighted by atomic mass is 10.3. The lowest BCUT2D eigenvalue weighted by Crippen LogP contribution is -2.28. The van der Waals surface area contributed by atoms with E-state index in [1.54, 1.807) is 42.7 Å². The highest BCUT2D eigenvalue weighted by Gasteiger charge is 2.09. The van der Waals surface area contributed by atoms with E-state index in [-0.39, 0.29) is 12.6 Å². The van der Waals surface area contributed by atoms with Crippen molar-refractivity contribution >= 4 is 23.3 Å². The molecule has 2 amide bonds. The maximum Gasteiger partial charge on any atom is 0.319 e. The van der Waals surface area contributed by atoms with Crippen LogP contribution in [0.1, 0.15) is 5.82 Å². The van der Waals surface area contributed by atoms with Crippen LogP contribution in [-0.4, -0.2) is 21.2 Å². The van der Waals surface area contributed by atoms with Crippen molar-refractivity contribution in [1.82, 2.24) is 20.5 Å². The summed E-state index contributed by atoms with van der Waals surface area (Å²) >= 11 is 5.85. The SMILES string of the molecule is O=C(NCc1nc(-c2ccco2)n[nH]1)Nc1cccc(Cl)c1. The molecule has 0 fully saturated rings. The molecule has 0 spiro atoms. The highest BCUT2D eigenvalue weighted by Crippen LogP contribution is 2.15. The van der Waals surface area contributed by atoms with E-state index in [4.69, 9.17) is 16.0 Å². The summed E-state index contributed by atoms with van der Waals surface area (Å²) in [5, 5.41) is 12.6. The van der Waals surface area contributed by atoms with Gasteiger partial charge in [0.25, 0.3) is 0 Å². The first kappa shape index (κ1) is 14.2. The molecule has 8 heteroatoms. The van der Waals surface area contributed by atoms with Crippen LogP contribution in [0, 0.1) is 0 Å². The molecule has 0 saturated heterocycles. The van der Waals surface area contributed by atoms with Gasteiger partial charge >= 0.3 is 6.03 Å². The normalized spacial score (nSPS) is 10.4. The van der Waals surface area contributed by atoms with Crippen LogP contribution >= 0.6 is 11.6 Å². The van der Waals surface area contributed by atoms with E-state index < -0.39 is 0 Å². The zero-order valence-corrected chi connectivity index (χ0v) is 12.1. The van der Waals surface area contributed by atoms with Crippen molar-refractivity contribution in [1.29, 1.82) is 0 Å². The second-order valence-corrected chi connectivity index (χ2v) is 4.84. The molecule has 0 saturated carbocycles. The van der Waals surface area contributed by atoms with Gasteiger partial charge in [-0.05, 0) is 30.3 Å². The van der Waals surface area contributed by atoms with E-state index in [9.17, 15) is 4.79 Å². The number of anilines is 1. The highest BCUT2D eigenvalue weighted by molar-refractivity contribution is 6.30. The number of benzene rings is 1. The molecule has 22 heavy (non-hydrogen) atoms. The topological polar surface area (TPSA) is 95.8 Å². The summed E-state index contributed by atoms with van der Waals surface area (Å²) in [7, 11) is 0. The fourth-order valence-electron chi connectivity index (χ4n) is 1.80. The van der Waals surface area contributed by atoms with Gasteiger partial charge in [-0.15, -0.1) is 5.10 Å². The van der Waals surface area contributed by atoms with Crippen LogP contribution in [0.5, 0.6) is 0 Å². The van der Waals surface area contributed by atoms with E-state index in [0.29, 0.717) is 28.1 Å². The number of aromatic nitrogens is 3. The summed E-state index contributed by atoms with van der Waals surface area (Å²) < 4.78 is 5.19. The molecule has 2 aromatic heterocycles. The van der Waals surface area contributed by atoms with Gasteiger partial charge in [0.15, 0.2) is 5.76 Å². The minimum atomic E-state index is -0.363. The lowest BCUT2D eigenvalue weighted by molar-refractivity contribution is 0.251. The van der Waals surface area contributed by atoms with Crippen molar-refractivity contribution in [2.24, 2.45) is 0 Å². The van der Waals surface area contributed by atoms with Crippen LogP contribution in [0.15, 0.2) is 47.1 Å². The van der Waals surface area contributed by atoms with Gasteiger partial charge in [0.05, 0.1) is 12.8 Å². The summed E-state index contributed by atoms with van der Waals surface area (Å²) in [5.41, 5.74) is 0.610. The number of aromatic amines is 1. The zero-order valence-electron chi connectivity index (χ0n) is 11.3. The number of H-pyrrole nitrogens is 1. The van der Waals surface area contributed by atoms with Gasteiger partial charge in [0.1, 0.15) is 5.82 Å². The van der Waals surface area contributed by atoms with Gasteiger partial charge in [-0.3, -0.25) is 5.10 Å². The molecule has 1 aromatic carbocycles. The predicted octanol–water partition coefficient (Wildman–Crippen LogP) is 3.04. The molecule has 2 heterocycles. The van der Waals surface area contributed by atoms with Gasteiger partial charge in [-0.2, -0.15) is 0 Å². The van der Waals surface area contributed by atoms with Crippen LogP contribution in [-0.2, 0) is 6.54 Å². The molecule has 0 radical (unpaired) electrons. The van der Waals surface area contributed by atoms with Gasteiger partial charge in [-0.1, -0.05) is 17.7 Å². The number of carbonyl (C=O) groups excluding carboxylic acids is 1. The van der Waals surface area contributed by atoms with Gasteiger partial charge in [0.2, 0.25) is 5.82 Å². The Labute approximate surface area is 130 Å². The number of nitrogens with one attached hydrogen (secondary N) is 3. The zero-order chi connectivity index (χ0) is 15.4. The first-order chi connectivity index (χ1) is 10.7. The Morgan fingerprint density at radius 3 is 3.00 bits per heavy atom. The molecule has 3 aromatic rings. The standard InChI is InChI=1S/C14H12ClN5O2/c15-9-3-1-4-10(7-9)17-14(21)16-8-12-18-13(20-19-12)11-5-2-6-22-11/h1-7H,8H2,(H2,16,17,21)(H,18,19,20). The molecule has 3 N–H and O–H groups in total. The minimum Gasteiger partial charge on any atom is -0.461 e. The number of halogens is 1. The summed E-state index contributed by atoms with van der Waals surface area (Å²) in [6.07, 6.45) is 1.54. The second kappa shape index (κ2) is 6.31. The third kappa shape index (κ3) is 3.44. The molecule has 0 bridgehead atoms. The van der Waals surface area contributed by atoms with E-state index >= 15 is 0 Å². The van der Waals surface area contributed by atoms with E-state index in [1.165, 1.54) is 0 Å². The van der Waals surface area contributed by atoms with Crippen molar-refractivity contribution in [3.63, 3.8) is 0 Å². The molecule has 0 aliphatic heterocycles. The molecule has 3 rings (SSSR count). The summed E-state index contributed by atoms with van der Waals surface area (Å²) in [5.74, 6) is 1.52. The number of hydrogen-bond donors (Lipinski definition) is 3. The van der Waals surface area contributed by atoms with Gasteiger partial charge in [-0.25, -0.2) is 9.78 Å². The Balaban J connectivity index is 1.55. The van der Waals surface area contributed by atoms with Crippen molar-refractivity contribution in [2.45, 2.75) is 6.54 Å². The van der Waals surface area contributed by atoms with Crippen LogP contribution in [0.3, 0.4) is 0 Å². The fourth-order valence-corrected chi connectivity index (χ4v) is 1.99. The number of rotatable bonds is 4. The third-order valence-electron chi connectivity index (χ3n) is 2.77. The molecule has 7 nitrogen and oxygen atoms in total. The van der Waals surface area contributed by atoms with Crippen LogP contribution < -0.4 is 10.6 Å². The number of hydrogen-bond acceptors (Lipinski definition) is 4. The minimum absolute atomic E-state index is 0.208. The lowest BCUT2D eigenvalue weighted by Gasteiger charge is -2.06. The maximum atomic E-state index is 11.8.